The number of nitrogen functional groups attached to an aromatic ring is 1. The lowest BCUT2D eigenvalue weighted by Gasteiger charge is -2.08. The van der Waals surface area contributed by atoms with Gasteiger partial charge in [0.25, 0.3) is 5.56 Å². The molecule has 4 N–H and O–H groups in total. The molecule has 0 fully saturated rings. The molecule has 0 aliphatic carbocycles. The van der Waals surface area contributed by atoms with Crippen LogP contribution in [0.3, 0.4) is 0 Å². The third kappa shape index (κ3) is 2.31. The largest absolute Gasteiger partial charge is 0.399 e. The van der Waals surface area contributed by atoms with E-state index in [2.05, 4.69) is 15.3 Å². The predicted molar refractivity (Wildman–Crippen MR) is 81.5 cm³/mol. The Bertz CT molecular complexity index is 844. The predicted octanol–water partition coefficient (Wildman–Crippen LogP) is 2.90. The summed E-state index contributed by atoms with van der Waals surface area (Å²) >= 11 is 6.05. The number of anilines is 3. The highest BCUT2D eigenvalue weighted by atomic mass is 35.5. The number of fused-ring (bicyclic) bond motifs is 1. The van der Waals surface area contributed by atoms with Crippen molar-refractivity contribution in [2.45, 2.75) is 0 Å². The second-order valence-corrected chi connectivity index (χ2v) is 4.70. The number of aromatic nitrogens is 2. The molecule has 1 heterocycles. The molecular weight excluding hydrogens is 276 g/mol. The van der Waals surface area contributed by atoms with Gasteiger partial charge in [-0.05, 0) is 30.3 Å². The van der Waals surface area contributed by atoms with E-state index in [1.807, 2.05) is 12.1 Å². The molecule has 2 aromatic carbocycles. The number of nitrogens with zero attached hydrogens (tertiary/aromatic N) is 1. The number of hydrogen-bond donors (Lipinski definition) is 3. The summed E-state index contributed by atoms with van der Waals surface area (Å²) in [5.41, 5.74) is 7.17. The van der Waals surface area contributed by atoms with E-state index in [1.54, 1.807) is 30.3 Å². The molecule has 5 nitrogen and oxygen atoms in total. The zero-order chi connectivity index (χ0) is 14.1. The van der Waals surface area contributed by atoms with Gasteiger partial charge in [-0.25, -0.2) is 4.98 Å². The first-order chi connectivity index (χ1) is 9.63. The molecule has 1 aromatic heterocycles. The Morgan fingerprint density at radius 1 is 1.20 bits per heavy atom. The number of para-hydroxylation sites is 1. The van der Waals surface area contributed by atoms with Gasteiger partial charge < -0.3 is 11.1 Å². The van der Waals surface area contributed by atoms with Crippen molar-refractivity contribution in [2.75, 3.05) is 11.1 Å². The molecule has 0 unspecified atom stereocenters. The molecule has 100 valence electrons. The van der Waals surface area contributed by atoms with Gasteiger partial charge in [0.1, 0.15) is 0 Å². The highest BCUT2D eigenvalue weighted by Crippen LogP contribution is 2.23. The first-order valence-electron chi connectivity index (χ1n) is 5.94. The third-order valence-electron chi connectivity index (χ3n) is 2.86. The Morgan fingerprint density at radius 2 is 2.00 bits per heavy atom. The van der Waals surface area contributed by atoms with Crippen LogP contribution in [0.2, 0.25) is 5.02 Å². The fourth-order valence-electron chi connectivity index (χ4n) is 1.91. The molecule has 6 heteroatoms. The highest BCUT2D eigenvalue weighted by Gasteiger charge is 2.06. The number of rotatable bonds is 2. The molecule has 0 saturated carbocycles. The fraction of sp³-hybridized carbons (Fsp3) is 0. The van der Waals surface area contributed by atoms with Gasteiger partial charge in [0.15, 0.2) is 0 Å². The van der Waals surface area contributed by atoms with Gasteiger partial charge in [0.2, 0.25) is 5.95 Å². The fourth-order valence-corrected chi connectivity index (χ4v) is 2.09. The van der Waals surface area contributed by atoms with E-state index in [4.69, 9.17) is 17.3 Å². The summed E-state index contributed by atoms with van der Waals surface area (Å²) < 4.78 is 0. The number of halogens is 1. The van der Waals surface area contributed by atoms with E-state index in [0.717, 1.165) is 0 Å². The van der Waals surface area contributed by atoms with Crippen LogP contribution in [0.1, 0.15) is 0 Å². The van der Waals surface area contributed by atoms with E-state index < -0.39 is 0 Å². The Kier molecular flexibility index (Phi) is 3.04. The van der Waals surface area contributed by atoms with E-state index >= 15 is 0 Å². The smallest absolute Gasteiger partial charge is 0.260 e. The summed E-state index contributed by atoms with van der Waals surface area (Å²) in [6.07, 6.45) is 0. The van der Waals surface area contributed by atoms with Crippen molar-refractivity contribution in [2.24, 2.45) is 0 Å². The maximum Gasteiger partial charge on any atom is 0.260 e. The van der Waals surface area contributed by atoms with Gasteiger partial charge in [0.05, 0.1) is 21.6 Å². The molecule has 0 bridgehead atoms. The summed E-state index contributed by atoms with van der Waals surface area (Å²) in [7, 11) is 0. The molecular formula is C14H11ClN4O. The molecule has 0 amide bonds. The average molecular weight is 287 g/mol. The lowest BCUT2D eigenvalue weighted by Crippen LogP contribution is -2.11. The van der Waals surface area contributed by atoms with Crippen molar-refractivity contribution in [1.29, 1.82) is 0 Å². The minimum absolute atomic E-state index is 0.253. The topological polar surface area (TPSA) is 83.8 Å². The monoisotopic (exact) mass is 286 g/mol. The van der Waals surface area contributed by atoms with Gasteiger partial charge in [0, 0.05) is 5.69 Å². The highest BCUT2D eigenvalue weighted by molar-refractivity contribution is 6.33. The zero-order valence-corrected chi connectivity index (χ0v) is 11.1. The molecule has 0 saturated heterocycles. The SMILES string of the molecule is Nc1ccc2nc(Nc3ccccc3Cl)[nH]c(=O)c2c1. The molecule has 3 aromatic rings. The summed E-state index contributed by atoms with van der Waals surface area (Å²) in [4.78, 5) is 19.0. The molecule has 0 radical (unpaired) electrons. The van der Waals surface area contributed by atoms with Gasteiger partial charge >= 0.3 is 0 Å². The van der Waals surface area contributed by atoms with E-state index in [9.17, 15) is 4.79 Å². The summed E-state index contributed by atoms with van der Waals surface area (Å²) in [6.45, 7) is 0. The maximum absolute atomic E-state index is 12.0. The van der Waals surface area contributed by atoms with Gasteiger partial charge in [-0.15, -0.1) is 0 Å². The summed E-state index contributed by atoms with van der Waals surface area (Å²) in [5.74, 6) is 0.334. The normalized spacial score (nSPS) is 10.7. The van der Waals surface area contributed by atoms with E-state index in [1.165, 1.54) is 0 Å². The number of H-pyrrole nitrogens is 1. The first kappa shape index (κ1) is 12.5. The summed E-state index contributed by atoms with van der Waals surface area (Å²) in [5, 5.41) is 3.99. The first-order valence-corrected chi connectivity index (χ1v) is 6.32. The lowest BCUT2D eigenvalue weighted by molar-refractivity contribution is 1.17. The van der Waals surface area contributed by atoms with Crippen LogP contribution < -0.4 is 16.6 Å². The van der Waals surface area contributed by atoms with Crippen LogP contribution in [0.25, 0.3) is 10.9 Å². The van der Waals surface area contributed by atoms with Crippen molar-refractivity contribution in [3.8, 4) is 0 Å². The number of aromatic amines is 1. The molecule has 20 heavy (non-hydrogen) atoms. The van der Waals surface area contributed by atoms with E-state index in [-0.39, 0.29) is 5.56 Å². The van der Waals surface area contributed by atoms with Crippen LogP contribution in [0.15, 0.2) is 47.3 Å². The number of benzene rings is 2. The van der Waals surface area contributed by atoms with Crippen LogP contribution in [0.4, 0.5) is 17.3 Å². The Morgan fingerprint density at radius 3 is 2.80 bits per heavy atom. The molecule has 0 aliphatic rings. The van der Waals surface area contributed by atoms with Crippen LogP contribution in [0, 0.1) is 0 Å². The van der Waals surface area contributed by atoms with Crippen LogP contribution in [-0.4, -0.2) is 9.97 Å². The van der Waals surface area contributed by atoms with Crippen molar-refractivity contribution in [1.82, 2.24) is 9.97 Å². The van der Waals surface area contributed by atoms with E-state index in [0.29, 0.717) is 33.2 Å². The molecule has 0 spiro atoms. The van der Waals surface area contributed by atoms with Crippen LogP contribution >= 0.6 is 11.6 Å². The summed E-state index contributed by atoms with van der Waals surface area (Å²) in [6, 6.07) is 12.2. The maximum atomic E-state index is 12.0. The van der Waals surface area contributed by atoms with Crippen molar-refractivity contribution in [3.63, 3.8) is 0 Å². The minimum Gasteiger partial charge on any atom is -0.399 e. The van der Waals surface area contributed by atoms with Crippen LogP contribution in [-0.2, 0) is 0 Å². The van der Waals surface area contributed by atoms with Crippen molar-refractivity contribution >= 4 is 39.8 Å². The number of nitrogens with two attached hydrogens (primary N) is 1. The second-order valence-electron chi connectivity index (χ2n) is 4.30. The standard InChI is InChI=1S/C14H11ClN4O/c15-10-3-1-2-4-12(10)18-14-17-11-6-5-8(16)7-9(11)13(20)19-14/h1-7H,16H2,(H2,17,18,19,20). The van der Waals surface area contributed by atoms with Crippen molar-refractivity contribution in [3.05, 3.63) is 57.8 Å². The Balaban J connectivity index is 2.08. The van der Waals surface area contributed by atoms with Gasteiger partial charge in [-0.1, -0.05) is 23.7 Å². The zero-order valence-electron chi connectivity index (χ0n) is 10.4. The Labute approximate surface area is 119 Å². The lowest BCUT2D eigenvalue weighted by atomic mass is 10.2. The molecule has 0 aliphatic heterocycles. The minimum atomic E-state index is -0.253. The molecule has 0 atom stereocenters. The average Bonchev–Trinajstić information content (AvgIpc) is 2.42. The van der Waals surface area contributed by atoms with Crippen LogP contribution in [0.5, 0.6) is 0 Å². The van der Waals surface area contributed by atoms with Crippen molar-refractivity contribution < 1.29 is 0 Å². The Hall–Kier alpha value is -2.53. The second kappa shape index (κ2) is 4.86. The van der Waals surface area contributed by atoms with Gasteiger partial charge in [-0.2, -0.15) is 0 Å². The quantitative estimate of drug-likeness (QED) is 0.633. The number of nitrogens with one attached hydrogen (secondary N) is 2. The molecule has 3 rings (SSSR count). The van der Waals surface area contributed by atoms with Gasteiger partial charge in [-0.3, -0.25) is 9.78 Å². The number of hydrogen-bond acceptors (Lipinski definition) is 4. The third-order valence-corrected chi connectivity index (χ3v) is 3.19.